The summed E-state index contributed by atoms with van der Waals surface area (Å²) in [6, 6.07) is 6.68. The molecule has 0 aliphatic carbocycles. The van der Waals surface area contributed by atoms with E-state index in [9.17, 15) is 0 Å². The molecule has 0 aromatic carbocycles. The molecule has 0 bridgehead atoms. The molecular formula is C13H18N4. The molecule has 3 heterocycles. The van der Waals surface area contributed by atoms with E-state index in [1.807, 2.05) is 24.4 Å². The Kier molecular flexibility index (Phi) is 3.05. The molecule has 0 saturated carbocycles. The molecule has 3 rings (SSSR count). The Labute approximate surface area is 101 Å². The van der Waals surface area contributed by atoms with Crippen LogP contribution in [0.3, 0.4) is 0 Å². The molecule has 1 N–H and O–H groups in total. The molecule has 17 heavy (non-hydrogen) atoms. The summed E-state index contributed by atoms with van der Waals surface area (Å²) in [7, 11) is 0. The van der Waals surface area contributed by atoms with Crippen LogP contribution >= 0.6 is 0 Å². The van der Waals surface area contributed by atoms with E-state index in [1.165, 1.54) is 25.8 Å². The van der Waals surface area contributed by atoms with Crippen molar-refractivity contribution in [3.05, 3.63) is 30.2 Å². The molecule has 1 saturated heterocycles. The van der Waals surface area contributed by atoms with Crippen molar-refractivity contribution in [2.24, 2.45) is 0 Å². The van der Waals surface area contributed by atoms with Crippen molar-refractivity contribution in [2.45, 2.75) is 38.1 Å². The first-order chi connectivity index (χ1) is 8.43. The molecule has 0 spiro atoms. The lowest BCUT2D eigenvalue weighted by atomic mass is 10.0. The van der Waals surface area contributed by atoms with Crippen molar-refractivity contribution < 1.29 is 0 Å². The zero-order chi connectivity index (χ0) is 11.5. The Morgan fingerprint density at radius 2 is 2.29 bits per heavy atom. The van der Waals surface area contributed by atoms with E-state index in [2.05, 4.69) is 19.9 Å². The van der Waals surface area contributed by atoms with Gasteiger partial charge in [-0.05, 0) is 37.9 Å². The molecule has 1 unspecified atom stereocenters. The molecule has 1 aliphatic heterocycles. The minimum atomic E-state index is 0.666. The average molecular weight is 230 g/mol. The highest BCUT2D eigenvalue weighted by molar-refractivity contribution is 5.36. The smallest absolute Gasteiger partial charge is 0.160 e. The predicted octanol–water partition coefficient (Wildman–Crippen LogP) is 1.80. The fourth-order valence-electron chi connectivity index (χ4n) is 2.54. The fourth-order valence-corrected chi connectivity index (χ4v) is 2.54. The summed E-state index contributed by atoms with van der Waals surface area (Å²) in [4.78, 5) is 0. The molecule has 4 heteroatoms. The number of nitrogens with one attached hydrogen (secondary N) is 1. The first-order valence-electron chi connectivity index (χ1n) is 6.45. The number of aryl methyl sites for hydroxylation is 1. The Morgan fingerprint density at radius 3 is 3.18 bits per heavy atom. The molecule has 1 fully saturated rings. The lowest BCUT2D eigenvalue weighted by molar-refractivity contribution is 0.380. The minimum absolute atomic E-state index is 0.666. The topological polar surface area (TPSA) is 42.2 Å². The summed E-state index contributed by atoms with van der Waals surface area (Å²) >= 11 is 0. The van der Waals surface area contributed by atoms with E-state index in [1.54, 1.807) is 0 Å². The normalized spacial score (nSPS) is 20.8. The standard InChI is InChI=1S/C13H18N4/c1-3-9-14-11(5-1)7-8-13-16-15-12-6-2-4-10-17(12)13/h2,4,6,10-11,14H,1,3,5,7-9H2. The number of rotatable bonds is 3. The van der Waals surface area contributed by atoms with Crippen LogP contribution in [0, 0.1) is 0 Å². The molecule has 2 aromatic rings. The number of pyridine rings is 1. The van der Waals surface area contributed by atoms with E-state index >= 15 is 0 Å². The van der Waals surface area contributed by atoms with E-state index < -0.39 is 0 Å². The van der Waals surface area contributed by atoms with Gasteiger partial charge >= 0.3 is 0 Å². The van der Waals surface area contributed by atoms with Crippen molar-refractivity contribution in [3.8, 4) is 0 Å². The van der Waals surface area contributed by atoms with Gasteiger partial charge < -0.3 is 5.32 Å². The molecule has 4 nitrogen and oxygen atoms in total. The van der Waals surface area contributed by atoms with Crippen LogP contribution in [0.5, 0.6) is 0 Å². The number of hydrogen-bond donors (Lipinski definition) is 1. The van der Waals surface area contributed by atoms with Gasteiger partial charge in [-0.2, -0.15) is 0 Å². The van der Waals surface area contributed by atoms with Gasteiger partial charge in [0.25, 0.3) is 0 Å². The second kappa shape index (κ2) is 4.84. The lowest BCUT2D eigenvalue weighted by Gasteiger charge is -2.22. The van der Waals surface area contributed by atoms with Crippen molar-refractivity contribution in [1.29, 1.82) is 0 Å². The van der Waals surface area contributed by atoms with Crippen LogP contribution in [0.1, 0.15) is 31.5 Å². The average Bonchev–Trinajstić information content (AvgIpc) is 2.81. The highest BCUT2D eigenvalue weighted by Gasteiger charge is 2.13. The van der Waals surface area contributed by atoms with Gasteiger partial charge in [-0.25, -0.2) is 0 Å². The van der Waals surface area contributed by atoms with Crippen molar-refractivity contribution in [3.63, 3.8) is 0 Å². The van der Waals surface area contributed by atoms with E-state index in [4.69, 9.17) is 0 Å². The van der Waals surface area contributed by atoms with Gasteiger partial charge in [0, 0.05) is 18.7 Å². The zero-order valence-electron chi connectivity index (χ0n) is 9.97. The van der Waals surface area contributed by atoms with Crippen LogP contribution in [0.2, 0.25) is 0 Å². The number of piperidine rings is 1. The third-order valence-corrected chi connectivity index (χ3v) is 3.51. The first kappa shape index (κ1) is 10.7. The van der Waals surface area contributed by atoms with Gasteiger partial charge in [-0.3, -0.25) is 4.40 Å². The van der Waals surface area contributed by atoms with Gasteiger partial charge in [-0.15, -0.1) is 10.2 Å². The van der Waals surface area contributed by atoms with Crippen LogP contribution < -0.4 is 5.32 Å². The molecule has 0 amide bonds. The Balaban J connectivity index is 1.68. The van der Waals surface area contributed by atoms with Gasteiger partial charge in [0.05, 0.1) is 0 Å². The van der Waals surface area contributed by atoms with E-state index in [0.29, 0.717) is 6.04 Å². The maximum Gasteiger partial charge on any atom is 0.160 e. The summed E-state index contributed by atoms with van der Waals surface area (Å²) in [5, 5.41) is 12.0. The lowest BCUT2D eigenvalue weighted by Crippen LogP contribution is -2.34. The van der Waals surface area contributed by atoms with Crippen LogP contribution in [-0.2, 0) is 6.42 Å². The second-order valence-corrected chi connectivity index (χ2v) is 4.73. The van der Waals surface area contributed by atoms with E-state index in [0.717, 1.165) is 24.3 Å². The third-order valence-electron chi connectivity index (χ3n) is 3.51. The maximum absolute atomic E-state index is 4.26. The summed E-state index contributed by atoms with van der Waals surface area (Å²) < 4.78 is 2.09. The molecule has 90 valence electrons. The zero-order valence-corrected chi connectivity index (χ0v) is 9.97. The molecule has 1 aliphatic rings. The first-order valence-corrected chi connectivity index (χ1v) is 6.45. The number of hydrogen-bond acceptors (Lipinski definition) is 3. The van der Waals surface area contributed by atoms with Crippen molar-refractivity contribution in [2.75, 3.05) is 6.54 Å². The Bertz CT molecular complexity index is 485. The monoisotopic (exact) mass is 230 g/mol. The molecular weight excluding hydrogens is 212 g/mol. The largest absolute Gasteiger partial charge is 0.314 e. The number of aromatic nitrogens is 3. The highest BCUT2D eigenvalue weighted by atomic mass is 15.2. The van der Waals surface area contributed by atoms with Crippen LogP contribution in [0.25, 0.3) is 5.65 Å². The highest BCUT2D eigenvalue weighted by Crippen LogP contribution is 2.13. The summed E-state index contributed by atoms with van der Waals surface area (Å²) in [6.07, 6.45) is 8.19. The quantitative estimate of drug-likeness (QED) is 0.874. The van der Waals surface area contributed by atoms with Crippen molar-refractivity contribution in [1.82, 2.24) is 19.9 Å². The Hall–Kier alpha value is -1.42. The van der Waals surface area contributed by atoms with E-state index in [-0.39, 0.29) is 0 Å². The van der Waals surface area contributed by atoms with Crippen LogP contribution in [0.4, 0.5) is 0 Å². The summed E-state index contributed by atoms with van der Waals surface area (Å²) in [5.74, 6) is 1.08. The SMILES string of the molecule is c1ccn2c(CCC3CCCCN3)nnc2c1. The molecule has 2 aromatic heterocycles. The van der Waals surface area contributed by atoms with Gasteiger partial charge in [-0.1, -0.05) is 12.5 Å². The molecule has 1 atom stereocenters. The molecule has 0 radical (unpaired) electrons. The maximum atomic E-state index is 4.26. The predicted molar refractivity (Wildman–Crippen MR) is 66.9 cm³/mol. The fraction of sp³-hybridized carbons (Fsp3) is 0.538. The van der Waals surface area contributed by atoms with Crippen molar-refractivity contribution >= 4 is 5.65 Å². The third kappa shape index (κ3) is 2.31. The summed E-state index contributed by atoms with van der Waals surface area (Å²) in [6.45, 7) is 1.17. The number of nitrogens with zero attached hydrogens (tertiary/aromatic N) is 3. The van der Waals surface area contributed by atoms with Crippen LogP contribution in [0.15, 0.2) is 24.4 Å². The van der Waals surface area contributed by atoms with Gasteiger partial charge in [0.15, 0.2) is 5.65 Å². The van der Waals surface area contributed by atoms with Gasteiger partial charge in [0.2, 0.25) is 0 Å². The second-order valence-electron chi connectivity index (χ2n) is 4.73. The Morgan fingerprint density at radius 1 is 1.29 bits per heavy atom. The van der Waals surface area contributed by atoms with Crippen LogP contribution in [-0.4, -0.2) is 27.2 Å². The van der Waals surface area contributed by atoms with Gasteiger partial charge in [0.1, 0.15) is 5.82 Å². The summed E-state index contributed by atoms with van der Waals surface area (Å²) in [5.41, 5.74) is 0.944. The minimum Gasteiger partial charge on any atom is -0.314 e. The number of fused-ring (bicyclic) bond motifs is 1.